The molecular formula is C12H14N2O5. The van der Waals surface area contributed by atoms with Crippen molar-refractivity contribution in [2.24, 2.45) is 5.73 Å². The van der Waals surface area contributed by atoms with Gasteiger partial charge >= 0.3 is 12.1 Å². The maximum Gasteiger partial charge on any atom is 0.404 e. The van der Waals surface area contributed by atoms with E-state index in [0.717, 1.165) is 0 Å². The van der Waals surface area contributed by atoms with Crippen LogP contribution in [0.3, 0.4) is 0 Å². The first-order valence-corrected chi connectivity index (χ1v) is 5.51. The second kappa shape index (κ2) is 7.00. The van der Waals surface area contributed by atoms with Crippen molar-refractivity contribution >= 4 is 18.0 Å². The molecule has 0 spiro atoms. The maximum atomic E-state index is 11.8. The molecule has 19 heavy (non-hydrogen) atoms. The lowest BCUT2D eigenvalue weighted by Gasteiger charge is -2.08. The van der Waals surface area contributed by atoms with Gasteiger partial charge in [0.15, 0.2) is 0 Å². The van der Waals surface area contributed by atoms with Gasteiger partial charge in [-0.2, -0.15) is 0 Å². The van der Waals surface area contributed by atoms with Crippen LogP contribution >= 0.6 is 0 Å². The second-order valence-corrected chi connectivity index (χ2v) is 3.65. The van der Waals surface area contributed by atoms with Crippen LogP contribution in [0.25, 0.3) is 0 Å². The van der Waals surface area contributed by atoms with Gasteiger partial charge in [0.1, 0.15) is 6.61 Å². The molecular weight excluding hydrogens is 252 g/mol. The Morgan fingerprint density at radius 2 is 1.95 bits per heavy atom. The number of aliphatic carboxylic acids is 1. The fourth-order valence-corrected chi connectivity index (χ4v) is 1.47. The summed E-state index contributed by atoms with van der Waals surface area (Å²) >= 11 is 0. The van der Waals surface area contributed by atoms with Crippen molar-refractivity contribution in [3.05, 3.63) is 35.4 Å². The van der Waals surface area contributed by atoms with Gasteiger partial charge in [0.05, 0.1) is 13.0 Å². The molecule has 0 aliphatic carbocycles. The third kappa shape index (κ3) is 5.07. The van der Waals surface area contributed by atoms with E-state index in [2.05, 4.69) is 10.1 Å². The molecule has 0 atom stereocenters. The Labute approximate surface area is 109 Å². The molecule has 1 rings (SSSR count). The van der Waals surface area contributed by atoms with Crippen LogP contribution in [0.1, 0.15) is 15.9 Å². The number of rotatable bonds is 6. The number of ether oxygens (including phenoxy) is 1. The fraction of sp³-hybridized carbons (Fsp3) is 0.250. The van der Waals surface area contributed by atoms with E-state index in [1.165, 1.54) is 6.07 Å². The Kier molecular flexibility index (Phi) is 5.34. The number of hydrogen-bond acceptors (Lipinski definition) is 4. The third-order valence-corrected chi connectivity index (χ3v) is 2.24. The molecule has 1 aromatic carbocycles. The van der Waals surface area contributed by atoms with Crippen LogP contribution in [-0.4, -0.2) is 36.2 Å². The fourth-order valence-electron chi connectivity index (χ4n) is 1.47. The number of carboxylic acid groups (broad SMARTS) is 1. The van der Waals surface area contributed by atoms with Crippen LogP contribution in [0, 0.1) is 0 Å². The van der Waals surface area contributed by atoms with E-state index in [-0.39, 0.29) is 25.1 Å². The van der Waals surface area contributed by atoms with Crippen molar-refractivity contribution in [1.82, 2.24) is 5.32 Å². The molecule has 2 amide bonds. The first-order valence-electron chi connectivity index (χ1n) is 5.51. The number of carbonyl (C=O) groups excluding carboxylic acids is 2. The lowest BCUT2D eigenvalue weighted by Crippen LogP contribution is -2.29. The van der Waals surface area contributed by atoms with Gasteiger partial charge in [-0.3, -0.25) is 9.59 Å². The van der Waals surface area contributed by atoms with Crippen LogP contribution < -0.4 is 11.1 Å². The van der Waals surface area contributed by atoms with E-state index in [9.17, 15) is 14.4 Å². The number of primary amides is 1. The van der Waals surface area contributed by atoms with Gasteiger partial charge in [-0.1, -0.05) is 18.2 Å². The Morgan fingerprint density at radius 1 is 1.26 bits per heavy atom. The normalized spacial score (nSPS) is 9.68. The smallest absolute Gasteiger partial charge is 0.404 e. The number of carboxylic acids is 1. The number of carbonyl (C=O) groups is 3. The lowest BCUT2D eigenvalue weighted by atomic mass is 10.0. The van der Waals surface area contributed by atoms with Crippen LogP contribution in [-0.2, 0) is 16.0 Å². The average Bonchev–Trinajstić information content (AvgIpc) is 2.34. The minimum atomic E-state index is -1.02. The van der Waals surface area contributed by atoms with Crippen molar-refractivity contribution in [3.63, 3.8) is 0 Å². The second-order valence-electron chi connectivity index (χ2n) is 3.65. The summed E-state index contributed by atoms with van der Waals surface area (Å²) in [5.74, 6) is -1.44. The highest BCUT2D eigenvalue weighted by molar-refractivity contribution is 5.96. The Hall–Kier alpha value is -2.57. The molecule has 0 aliphatic rings. The molecule has 0 saturated carbocycles. The zero-order valence-corrected chi connectivity index (χ0v) is 10.1. The van der Waals surface area contributed by atoms with Crippen LogP contribution in [0.5, 0.6) is 0 Å². The third-order valence-electron chi connectivity index (χ3n) is 2.24. The van der Waals surface area contributed by atoms with E-state index >= 15 is 0 Å². The summed E-state index contributed by atoms with van der Waals surface area (Å²) in [5.41, 5.74) is 5.46. The lowest BCUT2D eigenvalue weighted by molar-refractivity contribution is -0.136. The molecule has 0 unspecified atom stereocenters. The summed E-state index contributed by atoms with van der Waals surface area (Å²) in [6, 6.07) is 6.40. The Balaban J connectivity index is 2.61. The summed E-state index contributed by atoms with van der Waals surface area (Å²) in [5, 5.41) is 11.2. The van der Waals surface area contributed by atoms with E-state index in [0.29, 0.717) is 5.56 Å². The van der Waals surface area contributed by atoms with Crippen molar-refractivity contribution in [1.29, 1.82) is 0 Å². The predicted molar refractivity (Wildman–Crippen MR) is 65.7 cm³/mol. The molecule has 0 aliphatic heterocycles. The monoisotopic (exact) mass is 266 g/mol. The molecule has 4 N–H and O–H groups in total. The largest absolute Gasteiger partial charge is 0.481 e. The van der Waals surface area contributed by atoms with E-state index in [1.54, 1.807) is 18.2 Å². The first kappa shape index (κ1) is 14.5. The summed E-state index contributed by atoms with van der Waals surface area (Å²) in [7, 11) is 0. The highest BCUT2D eigenvalue weighted by Crippen LogP contribution is 2.09. The number of hydrogen-bond donors (Lipinski definition) is 3. The zero-order valence-electron chi connectivity index (χ0n) is 10.1. The van der Waals surface area contributed by atoms with Gasteiger partial charge in [0, 0.05) is 5.56 Å². The Morgan fingerprint density at radius 3 is 2.58 bits per heavy atom. The molecule has 0 aromatic heterocycles. The molecule has 102 valence electrons. The van der Waals surface area contributed by atoms with E-state index < -0.39 is 18.0 Å². The summed E-state index contributed by atoms with van der Waals surface area (Å²) in [4.78, 5) is 32.8. The zero-order chi connectivity index (χ0) is 14.3. The van der Waals surface area contributed by atoms with Gasteiger partial charge in [0.25, 0.3) is 5.91 Å². The molecule has 0 bridgehead atoms. The molecule has 7 nitrogen and oxygen atoms in total. The highest BCUT2D eigenvalue weighted by Gasteiger charge is 2.12. The van der Waals surface area contributed by atoms with Gasteiger partial charge < -0.3 is 20.9 Å². The van der Waals surface area contributed by atoms with Crippen LogP contribution in [0.2, 0.25) is 0 Å². The molecule has 1 aromatic rings. The topological polar surface area (TPSA) is 119 Å². The van der Waals surface area contributed by atoms with Gasteiger partial charge in [-0.25, -0.2) is 4.79 Å². The summed E-state index contributed by atoms with van der Waals surface area (Å²) < 4.78 is 4.45. The number of nitrogens with two attached hydrogens (primary N) is 1. The van der Waals surface area contributed by atoms with E-state index in [4.69, 9.17) is 10.8 Å². The van der Waals surface area contributed by atoms with E-state index in [1.807, 2.05) is 0 Å². The molecule has 7 heteroatoms. The summed E-state index contributed by atoms with van der Waals surface area (Å²) in [6.45, 7) is 0.0609. The highest BCUT2D eigenvalue weighted by atomic mass is 16.5. The minimum absolute atomic E-state index is 0.0395. The standard InChI is InChI=1S/C12H14N2O5/c13-12(18)19-6-5-14-11(17)9-4-2-1-3-8(9)7-10(15)16/h1-4H,5-7H2,(H2,13,18)(H,14,17)(H,15,16). The minimum Gasteiger partial charge on any atom is -0.481 e. The predicted octanol–water partition coefficient (Wildman–Crippen LogP) is 0.139. The molecule has 0 fully saturated rings. The SMILES string of the molecule is NC(=O)OCCNC(=O)c1ccccc1CC(=O)O. The number of benzene rings is 1. The Bertz CT molecular complexity index is 487. The number of amides is 2. The number of nitrogens with one attached hydrogen (secondary N) is 1. The maximum absolute atomic E-state index is 11.8. The van der Waals surface area contributed by atoms with Gasteiger partial charge in [-0.05, 0) is 11.6 Å². The average molecular weight is 266 g/mol. The quantitative estimate of drug-likeness (QED) is 0.633. The van der Waals surface area contributed by atoms with Crippen LogP contribution in [0.15, 0.2) is 24.3 Å². The van der Waals surface area contributed by atoms with Crippen molar-refractivity contribution in [3.8, 4) is 0 Å². The van der Waals surface area contributed by atoms with Crippen molar-refractivity contribution in [2.75, 3.05) is 13.2 Å². The van der Waals surface area contributed by atoms with Crippen LogP contribution in [0.4, 0.5) is 4.79 Å². The molecule has 0 saturated heterocycles. The van der Waals surface area contributed by atoms with Crippen molar-refractivity contribution < 1.29 is 24.2 Å². The van der Waals surface area contributed by atoms with Crippen molar-refractivity contribution in [2.45, 2.75) is 6.42 Å². The summed E-state index contributed by atoms with van der Waals surface area (Å²) in [6.07, 6.45) is -1.15. The van der Waals surface area contributed by atoms with Gasteiger partial charge in [-0.15, -0.1) is 0 Å². The van der Waals surface area contributed by atoms with Gasteiger partial charge in [0.2, 0.25) is 0 Å². The molecule has 0 radical (unpaired) electrons. The first-order chi connectivity index (χ1) is 9.00. The molecule has 0 heterocycles.